The zero-order valence-electron chi connectivity index (χ0n) is 13.6. The molecule has 0 saturated heterocycles. The second-order valence-corrected chi connectivity index (χ2v) is 7.17. The van der Waals surface area contributed by atoms with Gasteiger partial charge in [-0.3, -0.25) is 10.1 Å². The summed E-state index contributed by atoms with van der Waals surface area (Å²) in [6.45, 7) is 7.89. The van der Waals surface area contributed by atoms with Gasteiger partial charge >= 0.3 is 6.03 Å². The number of nitrogens with two attached hydrogens (primary N) is 1. The van der Waals surface area contributed by atoms with E-state index in [0.717, 1.165) is 16.5 Å². The molecule has 1 aromatic rings. The standard InChI is InChI=1S/C16H24BrN3O2/c1-5-13(11-6-8-12(17)9-7-11)18-10-14(21)19-15(22)20-16(2,3)4/h6-9,13,18H,5,10H2,1-4H3,(H2,19,20,21,22)/p+1/t13-/m0/s1. The number of nitrogens with one attached hydrogen (secondary N) is 2. The highest BCUT2D eigenvalue weighted by molar-refractivity contribution is 9.10. The van der Waals surface area contributed by atoms with E-state index in [4.69, 9.17) is 0 Å². The Balaban J connectivity index is 2.47. The SMILES string of the molecule is CC[C@H]([NH2+]CC(=O)NC(=O)NC(C)(C)C)c1ccc(Br)cc1. The Morgan fingerprint density at radius 3 is 2.32 bits per heavy atom. The Hall–Kier alpha value is -1.40. The molecule has 0 aliphatic heterocycles. The van der Waals surface area contributed by atoms with Crippen molar-refractivity contribution < 1.29 is 14.9 Å². The van der Waals surface area contributed by atoms with Gasteiger partial charge in [-0.05, 0) is 32.9 Å². The molecule has 6 heteroatoms. The zero-order chi connectivity index (χ0) is 16.8. The molecule has 0 fully saturated rings. The molecule has 122 valence electrons. The third kappa shape index (κ3) is 7.04. The van der Waals surface area contributed by atoms with E-state index in [1.54, 1.807) is 0 Å². The van der Waals surface area contributed by atoms with E-state index in [1.807, 2.05) is 50.4 Å². The molecule has 1 atom stereocenters. The number of halogens is 1. The molecule has 0 saturated carbocycles. The van der Waals surface area contributed by atoms with Crippen LogP contribution in [0.15, 0.2) is 28.7 Å². The zero-order valence-corrected chi connectivity index (χ0v) is 15.2. The van der Waals surface area contributed by atoms with E-state index in [2.05, 4.69) is 33.5 Å². The van der Waals surface area contributed by atoms with Gasteiger partial charge in [0.05, 0.1) is 0 Å². The van der Waals surface area contributed by atoms with Crippen LogP contribution in [0, 0.1) is 0 Å². The summed E-state index contributed by atoms with van der Waals surface area (Å²) in [7, 11) is 0. The lowest BCUT2D eigenvalue weighted by Crippen LogP contribution is -2.87. The molecule has 0 aliphatic rings. The maximum absolute atomic E-state index is 11.8. The predicted molar refractivity (Wildman–Crippen MR) is 90.4 cm³/mol. The summed E-state index contributed by atoms with van der Waals surface area (Å²) in [5, 5.41) is 7.00. The number of amides is 3. The molecule has 22 heavy (non-hydrogen) atoms. The molecule has 4 N–H and O–H groups in total. The minimum Gasteiger partial charge on any atom is -0.333 e. The molecule has 0 aliphatic carbocycles. The molecule has 0 aromatic heterocycles. The lowest BCUT2D eigenvalue weighted by Gasteiger charge is -2.20. The molecular weight excluding hydrogens is 346 g/mol. The van der Waals surface area contributed by atoms with Crippen LogP contribution in [0.1, 0.15) is 45.7 Å². The average molecular weight is 371 g/mol. The van der Waals surface area contributed by atoms with Gasteiger partial charge in [-0.15, -0.1) is 0 Å². The van der Waals surface area contributed by atoms with Gasteiger partial charge < -0.3 is 10.6 Å². The third-order valence-corrected chi connectivity index (χ3v) is 3.60. The van der Waals surface area contributed by atoms with Crippen molar-refractivity contribution in [1.82, 2.24) is 10.6 Å². The lowest BCUT2D eigenvalue weighted by atomic mass is 10.0. The smallest absolute Gasteiger partial charge is 0.322 e. The molecule has 0 unspecified atom stereocenters. The summed E-state index contributed by atoms with van der Waals surface area (Å²) in [6.07, 6.45) is 0.906. The van der Waals surface area contributed by atoms with Gasteiger partial charge in [-0.1, -0.05) is 35.0 Å². The van der Waals surface area contributed by atoms with E-state index >= 15 is 0 Å². The van der Waals surface area contributed by atoms with E-state index in [9.17, 15) is 9.59 Å². The van der Waals surface area contributed by atoms with Gasteiger partial charge in [0.2, 0.25) is 0 Å². The van der Waals surface area contributed by atoms with Crippen LogP contribution in [0.4, 0.5) is 4.79 Å². The van der Waals surface area contributed by atoms with Crippen LogP contribution in [0.3, 0.4) is 0 Å². The minimum absolute atomic E-state index is 0.199. The number of urea groups is 1. The first-order valence-electron chi connectivity index (χ1n) is 7.42. The van der Waals surface area contributed by atoms with Crippen molar-refractivity contribution in [1.29, 1.82) is 0 Å². The van der Waals surface area contributed by atoms with Crippen LogP contribution >= 0.6 is 15.9 Å². The molecule has 5 nitrogen and oxygen atoms in total. The Morgan fingerprint density at radius 1 is 1.23 bits per heavy atom. The number of hydrogen-bond donors (Lipinski definition) is 3. The first-order valence-corrected chi connectivity index (χ1v) is 8.21. The maximum Gasteiger partial charge on any atom is 0.322 e. The van der Waals surface area contributed by atoms with Crippen LogP contribution in [0.5, 0.6) is 0 Å². The number of quaternary nitrogens is 1. The van der Waals surface area contributed by atoms with Crippen LogP contribution in [-0.2, 0) is 4.79 Å². The van der Waals surface area contributed by atoms with Crippen molar-refractivity contribution in [2.24, 2.45) is 0 Å². The highest BCUT2D eigenvalue weighted by Gasteiger charge is 2.18. The minimum atomic E-state index is -0.456. The van der Waals surface area contributed by atoms with Gasteiger partial charge in [0.1, 0.15) is 6.04 Å². The summed E-state index contributed by atoms with van der Waals surface area (Å²) in [5.74, 6) is -0.294. The van der Waals surface area contributed by atoms with Gasteiger partial charge in [0, 0.05) is 22.0 Å². The van der Waals surface area contributed by atoms with Gasteiger partial charge in [0.15, 0.2) is 6.54 Å². The molecule has 0 radical (unpaired) electrons. The summed E-state index contributed by atoms with van der Waals surface area (Å²) < 4.78 is 1.03. The Bertz CT molecular complexity index is 509. The number of rotatable bonds is 5. The fourth-order valence-electron chi connectivity index (χ4n) is 2.05. The molecule has 0 heterocycles. The number of hydrogen-bond acceptors (Lipinski definition) is 2. The average Bonchev–Trinajstić information content (AvgIpc) is 2.39. The quantitative estimate of drug-likeness (QED) is 0.742. The second-order valence-electron chi connectivity index (χ2n) is 6.26. The van der Waals surface area contributed by atoms with Crippen molar-refractivity contribution in [3.05, 3.63) is 34.3 Å². The van der Waals surface area contributed by atoms with Crippen LogP contribution in [-0.4, -0.2) is 24.0 Å². The third-order valence-electron chi connectivity index (χ3n) is 3.07. The number of imide groups is 1. The van der Waals surface area contributed by atoms with E-state index < -0.39 is 6.03 Å². The summed E-state index contributed by atoms with van der Waals surface area (Å²) in [4.78, 5) is 23.5. The van der Waals surface area contributed by atoms with Crippen LogP contribution in [0.2, 0.25) is 0 Å². The molecule has 1 aromatic carbocycles. The lowest BCUT2D eigenvalue weighted by molar-refractivity contribution is -0.686. The fraction of sp³-hybridized carbons (Fsp3) is 0.500. The Kier molecular flexibility index (Phi) is 7.03. The van der Waals surface area contributed by atoms with E-state index in [0.29, 0.717) is 0 Å². The van der Waals surface area contributed by atoms with Crippen molar-refractivity contribution in [3.63, 3.8) is 0 Å². The number of carbonyl (C=O) groups excluding carboxylic acids is 2. The molecule has 0 spiro atoms. The Morgan fingerprint density at radius 2 is 1.82 bits per heavy atom. The molecule has 3 amide bonds. The first-order chi connectivity index (χ1) is 10.2. The highest BCUT2D eigenvalue weighted by atomic mass is 79.9. The largest absolute Gasteiger partial charge is 0.333 e. The highest BCUT2D eigenvalue weighted by Crippen LogP contribution is 2.16. The van der Waals surface area contributed by atoms with Crippen molar-refractivity contribution in [2.75, 3.05) is 6.54 Å². The van der Waals surface area contributed by atoms with Crippen molar-refractivity contribution in [3.8, 4) is 0 Å². The summed E-state index contributed by atoms with van der Waals surface area (Å²) in [6, 6.07) is 7.80. The molecule has 1 rings (SSSR count). The van der Waals surface area contributed by atoms with Crippen molar-refractivity contribution in [2.45, 2.75) is 45.7 Å². The monoisotopic (exact) mass is 370 g/mol. The molecular formula is C16H25BrN3O2+. The normalized spacial score (nSPS) is 12.6. The molecule has 0 bridgehead atoms. The first kappa shape index (κ1) is 18.6. The number of carbonyl (C=O) groups is 2. The summed E-state index contributed by atoms with van der Waals surface area (Å²) >= 11 is 3.41. The van der Waals surface area contributed by atoms with Gasteiger partial charge in [0.25, 0.3) is 5.91 Å². The predicted octanol–water partition coefficient (Wildman–Crippen LogP) is 2.09. The van der Waals surface area contributed by atoms with Gasteiger partial charge in [-0.25, -0.2) is 4.79 Å². The van der Waals surface area contributed by atoms with E-state index in [1.165, 1.54) is 0 Å². The van der Waals surface area contributed by atoms with Crippen molar-refractivity contribution >= 4 is 27.9 Å². The maximum atomic E-state index is 11.8. The summed E-state index contributed by atoms with van der Waals surface area (Å²) in [5.41, 5.74) is 0.801. The second kappa shape index (κ2) is 8.29. The van der Waals surface area contributed by atoms with E-state index in [-0.39, 0.29) is 24.0 Å². The van der Waals surface area contributed by atoms with Gasteiger partial charge in [-0.2, -0.15) is 0 Å². The topological polar surface area (TPSA) is 74.8 Å². The Labute approximate surface area is 140 Å². The van der Waals surface area contributed by atoms with Crippen LogP contribution in [0.25, 0.3) is 0 Å². The fourth-order valence-corrected chi connectivity index (χ4v) is 2.31. The number of benzene rings is 1. The van der Waals surface area contributed by atoms with Crippen LogP contribution < -0.4 is 16.0 Å².